The van der Waals surface area contributed by atoms with Crippen LogP contribution in [0, 0.1) is 0 Å². The van der Waals surface area contributed by atoms with Crippen molar-refractivity contribution < 1.29 is 4.79 Å². The van der Waals surface area contributed by atoms with Crippen LogP contribution >= 0.6 is 0 Å². The number of aryl methyl sites for hydroxylation is 1. The molecule has 3 rings (SSSR count). The van der Waals surface area contributed by atoms with Gasteiger partial charge in [0, 0.05) is 24.1 Å². The summed E-state index contributed by atoms with van der Waals surface area (Å²) < 4.78 is 0. The van der Waals surface area contributed by atoms with E-state index < -0.39 is 0 Å². The molecule has 3 heteroatoms. The maximum Gasteiger partial charge on any atom is 0.233 e. The Labute approximate surface area is 112 Å². The minimum atomic E-state index is 0.130. The molecule has 2 heterocycles. The highest BCUT2D eigenvalue weighted by molar-refractivity contribution is 5.95. The van der Waals surface area contributed by atoms with Gasteiger partial charge in [-0.1, -0.05) is 24.3 Å². The van der Waals surface area contributed by atoms with Crippen molar-refractivity contribution >= 4 is 11.6 Å². The number of carbonyl (C=O) groups is 1. The van der Waals surface area contributed by atoms with E-state index in [0.29, 0.717) is 6.42 Å². The molecule has 0 N–H and O–H groups in total. The summed E-state index contributed by atoms with van der Waals surface area (Å²) in [6.45, 7) is 0.808. The van der Waals surface area contributed by atoms with Crippen LogP contribution in [0.2, 0.25) is 0 Å². The van der Waals surface area contributed by atoms with Crippen molar-refractivity contribution in [2.75, 3.05) is 11.4 Å². The third kappa shape index (κ3) is 2.50. The molecule has 0 saturated carbocycles. The highest BCUT2D eigenvalue weighted by Crippen LogP contribution is 2.27. The summed E-state index contributed by atoms with van der Waals surface area (Å²) in [5.41, 5.74) is 3.16. The number of carbonyl (C=O) groups excluding carboxylic acids is 1. The lowest BCUT2D eigenvalue weighted by Crippen LogP contribution is -2.36. The first-order valence-electron chi connectivity index (χ1n) is 6.63. The van der Waals surface area contributed by atoms with Crippen molar-refractivity contribution in [1.29, 1.82) is 0 Å². The highest BCUT2D eigenvalue weighted by Gasteiger charge is 2.22. The van der Waals surface area contributed by atoms with E-state index in [9.17, 15) is 4.79 Å². The van der Waals surface area contributed by atoms with Gasteiger partial charge >= 0.3 is 0 Å². The van der Waals surface area contributed by atoms with Crippen molar-refractivity contribution in [2.45, 2.75) is 19.3 Å². The summed E-state index contributed by atoms with van der Waals surface area (Å²) in [6.07, 6.45) is 4.19. The Balaban J connectivity index is 1.82. The number of benzene rings is 1. The summed E-state index contributed by atoms with van der Waals surface area (Å²) in [5, 5.41) is 0. The van der Waals surface area contributed by atoms with Crippen molar-refractivity contribution in [3.8, 4) is 0 Å². The van der Waals surface area contributed by atoms with Gasteiger partial charge in [-0.2, -0.15) is 0 Å². The number of amides is 1. The predicted molar refractivity (Wildman–Crippen MR) is 75.1 cm³/mol. The van der Waals surface area contributed by atoms with E-state index in [1.165, 1.54) is 5.56 Å². The number of fused-ring (bicyclic) bond motifs is 1. The van der Waals surface area contributed by atoms with Gasteiger partial charge in [-0.25, -0.2) is 0 Å². The molecular weight excluding hydrogens is 236 g/mol. The average molecular weight is 252 g/mol. The standard InChI is InChI=1S/C16H16N2O/c19-16(12-14-8-3-4-10-17-14)18-11-5-7-13-6-1-2-9-15(13)18/h1-4,6,8-10H,5,7,11-12H2. The Bertz CT molecular complexity index is 580. The molecule has 2 aromatic rings. The second-order valence-electron chi connectivity index (χ2n) is 4.78. The van der Waals surface area contributed by atoms with Crippen LogP contribution in [0.25, 0.3) is 0 Å². The molecule has 0 saturated heterocycles. The topological polar surface area (TPSA) is 33.2 Å². The van der Waals surface area contributed by atoms with E-state index in [4.69, 9.17) is 0 Å². The second kappa shape index (κ2) is 5.22. The molecule has 96 valence electrons. The van der Waals surface area contributed by atoms with Crippen LogP contribution in [-0.4, -0.2) is 17.4 Å². The lowest BCUT2D eigenvalue weighted by Gasteiger charge is -2.29. The summed E-state index contributed by atoms with van der Waals surface area (Å²) in [6, 6.07) is 13.8. The molecule has 1 aliphatic heterocycles. The third-order valence-electron chi connectivity index (χ3n) is 3.47. The van der Waals surface area contributed by atoms with E-state index in [-0.39, 0.29) is 5.91 Å². The van der Waals surface area contributed by atoms with Crippen LogP contribution in [0.4, 0.5) is 5.69 Å². The molecule has 0 atom stereocenters. The van der Waals surface area contributed by atoms with Gasteiger partial charge < -0.3 is 4.90 Å². The van der Waals surface area contributed by atoms with Crippen LogP contribution in [0.15, 0.2) is 48.7 Å². The fraction of sp³-hybridized carbons (Fsp3) is 0.250. The van der Waals surface area contributed by atoms with E-state index in [0.717, 1.165) is 30.8 Å². The van der Waals surface area contributed by atoms with Crippen LogP contribution in [0.5, 0.6) is 0 Å². The van der Waals surface area contributed by atoms with Crippen LogP contribution in [-0.2, 0) is 17.6 Å². The lowest BCUT2D eigenvalue weighted by molar-refractivity contribution is -0.118. The molecular formula is C16H16N2O. The number of pyridine rings is 1. The quantitative estimate of drug-likeness (QED) is 0.823. The van der Waals surface area contributed by atoms with Crippen LogP contribution in [0.3, 0.4) is 0 Å². The molecule has 1 aliphatic rings. The zero-order valence-corrected chi connectivity index (χ0v) is 10.7. The SMILES string of the molecule is O=C(Cc1ccccn1)N1CCCc2ccccc21. The van der Waals surface area contributed by atoms with Crippen molar-refractivity contribution in [3.05, 3.63) is 59.9 Å². The molecule has 1 aromatic heterocycles. The number of anilines is 1. The number of nitrogens with zero attached hydrogens (tertiary/aromatic N) is 2. The maximum atomic E-state index is 12.4. The van der Waals surface area contributed by atoms with Crippen molar-refractivity contribution in [2.24, 2.45) is 0 Å². The molecule has 19 heavy (non-hydrogen) atoms. The Morgan fingerprint density at radius 2 is 2.00 bits per heavy atom. The van der Waals surface area contributed by atoms with E-state index in [1.807, 2.05) is 41.3 Å². The largest absolute Gasteiger partial charge is 0.312 e. The van der Waals surface area contributed by atoms with Crippen molar-refractivity contribution in [1.82, 2.24) is 4.98 Å². The minimum absolute atomic E-state index is 0.130. The Hall–Kier alpha value is -2.16. The molecule has 0 bridgehead atoms. The Morgan fingerprint density at radius 3 is 2.84 bits per heavy atom. The van der Waals surface area contributed by atoms with E-state index >= 15 is 0 Å². The smallest absolute Gasteiger partial charge is 0.233 e. The monoisotopic (exact) mass is 252 g/mol. The van der Waals surface area contributed by atoms with Crippen molar-refractivity contribution in [3.63, 3.8) is 0 Å². The molecule has 0 fully saturated rings. The highest BCUT2D eigenvalue weighted by atomic mass is 16.2. The van der Waals surface area contributed by atoms with Gasteiger partial charge in [0.05, 0.1) is 6.42 Å². The third-order valence-corrected chi connectivity index (χ3v) is 3.47. The second-order valence-corrected chi connectivity index (χ2v) is 4.78. The maximum absolute atomic E-state index is 12.4. The zero-order chi connectivity index (χ0) is 13.1. The first-order valence-corrected chi connectivity index (χ1v) is 6.63. The number of hydrogen-bond donors (Lipinski definition) is 0. The first kappa shape index (κ1) is 11.9. The van der Waals surface area contributed by atoms with Gasteiger partial charge in [-0.15, -0.1) is 0 Å². The fourth-order valence-electron chi connectivity index (χ4n) is 2.55. The van der Waals surface area contributed by atoms with Gasteiger partial charge in [0.25, 0.3) is 0 Å². The molecule has 1 aromatic carbocycles. The van der Waals surface area contributed by atoms with Gasteiger partial charge in [-0.3, -0.25) is 9.78 Å². The van der Waals surface area contributed by atoms with E-state index in [2.05, 4.69) is 11.1 Å². The van der Waals surface area contributed by atoms with Gasteiger partial charge in [0.15, 0.2) is 0 Å². The molecule has 0 unspecified atom stereocenters. The molecule has 0 radical (unpaired) electrons. The molecule has 0 spiro atoms. The van der Waals surface area contributed by atoms with Gasteiger partial charge in [-0.05, 0) is 36.6 Å². The Morgan fingerprint density at radius 1 is 1.16 bits per heavy atom. The van der Waals surface area contributed by atoms with E-state index in [1.54, 1.807) is 6.20 Å². The molecule has 3 nitrogen and oxygen atoms in total. The van der Waals surface area contributed by atoms with Gasteiger partial charge in [0.1, 0.15) is 0 Å². The Kier molecular flexibility index (Phi) is 3.27. The normalized spacial score (nSPS) is 14.0. The van der Waals surface area contributed by atoms with Crippen LogP contribution < -0.4 is 4.90 Å². The number of hydrogen-bond acceptors (Lipinski definition) is 2. The van der Waals surface area contributed by atoms with Gasteiger partial charge in [0.2, 0.25) is 5.91 Å². The molecule has 1 amide bonds. The average Bonchev–Trinajstić information content (AvgIpc) is 2.47. The lowest BCUT2D eigenvalue weighted by atomic mass is 10.0. The summed E-state index contributed by atoms with van der Waals surface area (Å²) in [5.74, 6) is 0.130. The number of rotatable bonds is 2. The summed E-state index contributed by atoms with van der Waals surface area (Å²) in [4.78, 5) is 18.5. The minimum Gasteiger partial charge on any atom is -0.312 e. The fourth-order valence-corrected chi connectivity index (χ4v) is 2.55. The summed E-state index contributed by atoms with van der Waals surface area (Å²) in [7, 11) is 0. The number of para-hydroxylation sites is 1. The zero-order valence-electron chi connectivity index (χ0n) is 10.7. The molecule has 0 aliphatic carbocycles. The number of aromatic nitrogens is 1. The van der Waals surface area contributed by atoms with Crippen LogP contribution in [0.1, 0.15) is 17.7 Å². The summed E-state index contributed by atoms with van der Waals surface area (Å²) >= 11 is 0. The predicted octanol–water partition coefficient (Wildman–Crippen LogP) is 2.60. The first-order chi connectivity index (χ1) is 9.34.